The molecule has 2 N–H and O–H groups in total. The molecule has 2 nitrogen and oxygen atoms in total. The Morgan fingerprint density at radius 2 is 0.738 bits per heavy atom. The number of halogens is 10. The van der Waals surface area contributed by atoms with Crippen LogP contribution in [-0.2, 0) is 21.0 Å². The van der Waals surface area contributed by atoms with Crippen molar-refractivity contribution < 1.29 is 75.1 Å². The van der Waals surface area contributed by atoms with E-state index in [0.717, 1.165) is 0 Å². The summed E-state index contributed by atoms with van der Waals surface area (Å²) in [6.07, 6.45) is 4.97. The van der Waals surface area contributed by atoms with E-state index in [0.29, 0.717) is 6.66 Å². The van der Waals surface area contributed by atoms with Crippen LogP contribution in [0.2, 0.25) is 0 Å². The van der Waals surface area contributed by atoms with Gasteiger partial charge in [-0.25, -0.2) is 0 Å². The number of aliphatic hydroxyl groups is 2. The molecule has 2 aliphatic rings. The first-order valence-corrected chi connectivity index (χ1v) is 18.5. The monoisotopic (exact) mass is 776 g/mol. The molecule has 0 aliphatic heterocycles. The van der Waals surface area contributed by atoms with Crippen LogP contribution in [0.5, 0.6) is 0 Å². The van der Waals surface area contributed by atoms with Gasteiger partial charge in [0.15, 0.2) is 0 Å². The van der Waals surface area contributed by atoms with E-state index in [1.807, 2.05) is 0 Å². The molecule has 2 aliphatic carbocycles. The summed E-state index contributed by atoms with van der Waals surface area (Å²) in [6, 6.07) is 0. The fraction of sp³-hybridized carbons (Fsp3) is 0.276. The summed E-state index contributed by atoms with van der Waals surface area (Å²) in [7, 11) is 0. The SMILES string of the molecule is CC(C)O.CC(C)O.[CH2]=[Hf]([C]1=CC(c2c(F)c(F)c(F)c(F)c2F)=CC1)[C]1=CC(c2c(F)c(F)c(F)c(F)c2F)=CC1. The van der Waals surface area contributed by atoms with Crippen molar-refractivity contribution in [2.45, 2.75) is 52.7 Å². The van der Waals surface area contributed by atoms with Crippen LogP contribution in [0.1, 0.15) is 51.7 Å². The molecule has 0 unspecified atom stereocenters. The van der Waals surface area contributed by atoms with Crippen molar-refractivity contribution in [2.24, 2.45) is 0 Å². The van der Waals surface area contributed by atoms with Crippen molar-refractivity contribution in [3.63, 3.8) is 0 Å². The van der Waals surface area contributed by atoms with Gasteiger partial charge in [0.25, 0.3) is 0 Å². The predicted molar refractivity (Wildman–Crippen MR) is 136 cm³/mol. The summed E-state index contributed by atoms with van der Waals surface area (Å²) >= 11 is -3.27. The van der Waals surface area contributed by atoms with Crippen LogP contribution in [0.4, 0.5) is 43.9 Å². The van der Waals surface area contributed by atoms with Crippen molar-refractivity contribution in [2.75, 3.05) is 0 Å². The first-order valence-electron chi connectivity index (χ1n) is 12.3. The van der Waals surface area contributed by atoms with E-state index >= 15 is 0 Å². The maximum absolute atomic E-state index is 14.1. The second-order valence-electron chi connectivity index (χ2n) is 9.62. The fourth-order valence-corrected chi connectivity index (χ4v) is 10.1. The first-order chi connectivity index (χ1) is 19.4. The molecule has 2 aromatic rings. The van der Waals surface area contributed by atoms with E-state index in [-0.39, 0.29) is 36.2 Å². The molecule has 0 atom stereocenters. The average molecular weight is 775 g/mol. The number of hydrogen-bond acceptors (Lipinski definition) is 2. The average Bonchev–Trinajstić information content (AvgIpc) is 3.59. The number of benzene rings is 2. The second-order valence-corrected chi connectivity index (χ2v) is 17.7. The summed E-state index contributed by atoms with van der Waals surface area (Å²) in [6.45, 7) is 6.89. The van der Waals surface area contributed by atoms with E-state index in [2.05, 4.69) is 4.26 Å². The minimum absolute atomic E-state index is 0.107. The quantitative estimate of drug-likeness (QED) is 0.144. The second kappa shape index (κ2) is 14.7. The van der Waals surface area contributed by atoms with Gasteiger partial charge in [0.1, 0.15) is 0 Å². The Bertz CT molecular complexity index is 1350. The molecule has 2 aromatic carbocycles. The van der Waals surface area contributed by atoms with Crippen LogP contribution in [-0.4, -0.2) is 26.7 Å². The van der Waals surface area contributed by atoms with Crippen molar-refractivity contribution in [1.29, 1.82) is 0 Å². The number of hydrogen-bond donors (Lipinski definition) is 2. The molecule has 0 aromatic heterocycles. The van der Waals surface area contributed by atoms with E-state index in [1.165, 1.54) is 24.3 Å². The molecule has 0 saturated carbocycles. The number of aliphatic hydroxyl groups excluding tert-OH is 2. The van der Waals surface area contributed by atoms with E-state index in [1.54, 1.807) is 27.7 Å². The maximum atomic E-state index is 14.1. The van der Waals surface area contributed by atoms with Crippen LogP contribution >= 0.6 is 0 Å². The van der Waals surface area contributed by atoms with Gasteiger partial charge in [-0.1, -0.05) is 0 Å². The van der Waals surface area contributed by atoms with Crippen LogP contribution in [0.25, 0.3) is 11.1 Å². The van der Waals surface area contributed by atoms with E-state index in [4.69, 9.17) is 10.2 Å². The van der Waals surface area contributed by atoms with Gasteiger partial charge in [0, 0.05) is 12.2 Å². The van der Waals surface area contributed by atoms with Gasteiger partial charge >= 0.3 is 193 Å². The molecule has 0 amide bonds. The molecular weight excluding hydrogens is 749 g/mol. The summed E-state index contributed by atoms with van der Waals surface area (Å²) in [5, 5.41) is 16.1. The van der Waals surface area contributed by atoms with Crippen molar-refractivity contribution in [3.8, 4) is 0 Å². The Labute approximate surface area is 243 Å². The molecule has 0 saturated heterocycles. The van der Waals surface area contributed by atoms with Gasteiger partial charge in [0.2, 0.25) is 0 Å². The Morgan fingerprint density at radius 1 is 0.524 bits per heavy atom. The van der Waals surface area contributed by atoms with Crippen molar-refractivity contribution in [3.05, 3.63) is 100 Å². The Kier molecular flexibility index (Phi) is 12.4. The van der Waals surface area contributed by atoms with Crippen LogP contribution in [0.15, 0.2) is 31.0 Å². The van der Waals surface area contributed by atoms with Crippen LogP contribution in [0, 0.1) is 58.2 Å². The molecule has 0 spiro atoms. The zero-order valence-corrected chi connectivity index (χ0v) is 26.4. The van der Waals surface area contributed by atoms with Gasteiger partial charge in [-0.3, -0.25) is 0 Å². The molecule has 0 radical (unpaired) electrons. The molecule has 0 bridgehead atoms. The van der Waals surface area contributed by atoms with Crippen LogP contribution < -0.4 is 0 Å². The third kappa shape index (κ3) is 7.84. The van der Waals surface area contributed by atoms with Gasteiger partial charge < -0.3 is 10.2 Å². The van der Waals surface area contributed by atoms with E-state index < -0.39 is 90.3 Å². The minimum atomic E-state index is -3.27. The van der Waals surface area contributed by atoms with Crippen molar-refractivity contribution >= 4 is 15.4 Å². The fourth-order valence-electron chi connectivity index (χ4n) is 3.74. The predicted octanol–water partition coefficient (Wildman–Crippen LogP) is 7.94. The molecule has 42 heavy (non-hydrogen) atoms. The molecule has 4 rings (SSSR count). The van der Waals surface area contributed by atoms with Gasteiger partial charge in [-0.2, -0.15) is 0 Å². The van der Waals surface area contributed by atoms with Gasteiger partial charge in [-0.15, -0.1) is 0 Å². The molecule has 0 fully saturated rings. The zero-order chi connectivity index (χ0) is 32.2. The van der Waals surface area contributed by atoms with Gasteiger partial charge in [-0.05, 0) is 27.7 Å². The normalized spacial score (nSPS) is 14.1. The topological polar surface area (TPSA) is 40.5 Å². The van der Waals surface area contributed by atoms with Crippen LogP contribution in [0.3, 0.4) is 0 Å². The molecule has 228 valence electrons. The zero-order valence-electron chi connectivity index (χ0n) is 22.8. The Balaban J connectivity index is 0.000000686. The third-order valence-electron chi connectivity index (χ3n) is 5.52. The standard InChI is InChI=1S/2C11H4F5.2C3H8O.CH2.Hf/c2*12-7-6(5-3-1-2-4-5)8(13)10(15)11(16)9(7)14;2*1-3(2)4;;/h2*3-4H,1H2;2*3-4H,1-2H3;1H2;. The molecule has 13 heteroatoms. The first kappa shape index (κ1) is 35.6. The van der Waals surface area contributed by atoms with Gasteiger partial charge in [0.05, 0.1) is 0 Å². The number of allylic oxidation sites excluding steroid dienone is 8. The Morgan fingerprint density at radius 3 is 0.976 bits per heavy atom. The summed E-state index contributed by atoms with van der Waals surface area (Å²) in [5.74, 6) is -20.8. The van der Waals surface area contributed by atoms with Crippen molar-refractivity contribution in [1.82, 2.24) is 0 Å². The molecular formula is C29H26F10HfO2. The van der Waals surface area contributed by atoms with E-state index in [9.17, 15) is 43.9 Å². The third-order valence-corrected chi connectivity index (χ3v) is 13.6. The molecule has 0 heterocycles. The summed E-state index contributed by atoms with van der Waals surface area (Å²) in [5.41, 5.74) is -2.60. The Hall–Kier alpha value is -2.64. The number of rotatable bonds is 4. The summed E-state index contributed by atoms with van der Waals surface area (Å²) in [4.78, 5) is 0. The summed E-state index contributed by atoms with van der Waals surface area (Å²) < 4.78 is 143.